The van der Waals surface area contributed by atoms with E-state index < -0.39 is 0 Å². The summed E-state index contributed by atoms with van der Waals surface area (Å²) in [4.78, 5) is 29.7. The molecule has 4 unspecified atom stereocenters. The second kappa shape index (κ2) is 29.4. The number of likely N-dealkylation sites (tertiary alicyclic amines) is 3. The summed E-state index contributed by atoms with van der Waals surface area (Å²) in [5, 5.41) is 22.9. The number of halogens is 1. The molecule has 6 saturated heterocycles. The molecule has 0 amide bonds. The van der Waals surface area contributed by atoms with Crippen LogP contribution in [0.5, 0.6) is 5.75 Å². The number of aliphatic hydroxyl groups is 1. The third-order valence-corrected chi connectivity index (χ3v) is 19.4. The second-order valence-corrected chi connectivity index (χ2v) is 25.5. The summed E-state index contributed by atoms with van der Waals surface area (Å²) in [7, 11) is 3.20. The zero-order chi connectivity index (χ0) is 62.1. The fourth-order valence-corrected chi connectivity index (χ4v) is 14.3. The fourth-order valence-electron chi connectivity index (χ4n) is 13.6. The first kappa shape index (κ1) is 65.3. The lowest BCUT2D eigenvalue weighted by molar-refractivity contribution is -0.916. The van der Waals surface area contributed by atoms with Gasteiger partial charge in [-0.15, -0.1) is 0 Å². The van der Waals surface area contributed by atoms with Crippen molar-refractivity contribution < 1.29 is 37.8 Å². The molecule has 6 atom stereocenters. The molecule has 7 heterocycles. The fraction of sp³-hybridized carbons (Fsp3) is 0.500. The van der Waals surface area contributed by atoms with E-state index in [4.69, 9.17) is 41.5 Å². The number of hydrogen-bond acceptors (Lipinski definition) is 14. The van der Waals surface area contributed by atoms with E-state index in [1.54, 1.807) is 24.2 Å². The van der Waals surface area contributed by atoms with Crippen molar-refractivity contribution in [2.24, 2.45) is 16.6 Å². The number of aliphatic imine (C=N–C) groups is 1. The zero-order valence-electron chi connectivity index (χ0n) is 53.2. The number of thioether (sulfide) groups is 1. The number of H-pyrrole nitrogens is 1. The lowest BCUT2D eigenvalue weighted by Gasteiger charge is -2.51. The number of fused-ring (bicyclic) bond motifs is 3. The van der Waals surface area contributed by atoms with Crippen molar-refractivity contribution >= 4 is 56.8 Å². The molecule has 4 aromatic carbocycles. The number of carbonyl (C=O) groups excluding carboxylic acids is 1. The molecule has 12 rings (SSSR count). The smallest absolute Gasteiger partial charge is 0.185 e. The van der Waals surface area contributed by atoms with Gasteiger partial charge in [-0.05, 0) is 130 Å². The maximum absolute atomic E-state index is 16.0. The number of aromatic nitrogens is 2. The molecule has 6 aliphatic heterocycles. The average Bonchev–Trinajstić information content (AvgIpc) is 1.74. The lowest BCUT2D eigenvalue weighted by atomic mass is 9.87. The minimum atomic E-state index is -0.316. The minimum Gasteiger partial charge on any atom is -0.486 e. The Morgan fingerprint density at radius 1 is 0.989 bits per heavy atom. The Balaban J connectivity index is 0.000000279. The highest BCUT2D eigenvalue weighted by Crippen LogP contribution is 2.56. The molecule has 17 heteroatoms. The summed E-state index contributed by atoms with van der Waals surface area (Å²) in [6.07, 6.45) is 13.1. The van der Waals surface area contributed by atoms with E-state index >= 15 is 4.39 Å². The van der Waals surface area contributed by atoms with Crippen molar-refractivity contribution in [3.05, 3.63) is 142 Å². The summed E-state index contributed by atoms with van der Waals surface area (Å²) in [6.45, 7) is 32.0. The van der Waals surface area contributed by atoms with Crippen LogP contribution in [0.2, 0.25) is 0 Å². The van der Waals surface area contributed by atoms with Gasteiger partial charge in [0, 0.05) is 103 Å². The molecule has 7 fully saturated rings. The highest BCUT2D eigenvalue weighted by atomic mass is 32.2. The molecule has 87 heavy (non-hydrogen) atoms. The van der Waals surface area contributed by atoms with E-state index in [-0.39, 0.29) is 42.6 Å². The van der Waals surface area contributed by atoms with Gasteiger partial charge in [0.1, 0.15) is 24.2 Å². The molecule has 5 aromatic rings. The third kappa shape index (κ3) is 14.3. The van der Waals surface area contributed by atoms with Crippen molar-refractivity contribution in [1.29, 1.82) is 0 Å². The van der Waals surface area contributed by atoms with Crippen molar-refractivity contribution in [2.45, 2.75) is 162 Å². The summed E-state index contributed by atoms with van der Waals surface area (Å²) < 4.78 is 35.9. The number of ether oxygens (including phenoxy) is 3. The van der Waals surface area contributed by atoms with Crippen LogP contribution in [0.25, 0.3) is 38.3 Å². The number of nitrogens with zero attached hydrogens (tertiary/aromatic N) is 6. The summed E-state index contributed by atoms with van der Waals surface area (Å²) in [6, 6.07) is 22.1. The van der Waals surface area contributed by atoms with Gasteiger partial charge >= 0.3 is 0 Å². The van der Waals surface area contributed by atoms with Crippen LogP contribution >= 0.6 is 11.8 Å². The Morgan fingerprint density at radius 3 is 2.26 bits per heavy atom. The quantitative estimate of drug-likeness (QED) is 0.0191. The molecule has 15 nitrogen and oxygen atoms in total. The number of carbonyl (C=O) groups is 1. The Labute approximate surface area is 520 Å². The van der Waals surface area contributed by atoms with Crippen LogP contribution in [0.15, 0.2) is 102 Å². The first-order valence-electron chi connectivity index (χ1n) is 31.6. The van der Waals surface area contributed by atoms with Crippen LogP contribution in [0.3, 0.4) is 0 Å². The Morgan fingerprint density at radius 2 is 1.69 bits per heavy atom. The highest BCUT2D eigenvalue weighted by molar-refractivity contribution is 8.10. The topological polar surface area (TPSA) is 166 Å². The summed E-state index contributed by atoms with van der Waals surface area (Å²) >= 11 is 1.69. The molecular formula is C70H95FN9O6S+. The number of piperazine rings is 1. The van der Waals surface area contributed by atoms with Crippen molar-refractivity contribution in [2.75, 3.05) is 60.1 Å². The Bertz CT molecular complexity index is 3290. The van der Waals surface area contributed by atoms with Gasteiger partial charge in [0.15, 0.2) is 35.9 Å². The van der Waals surface area contributed by atoms with Gasteiger partial charge in [-0.25, -0.2) is 9.38 Å². The first-order chi connectivity index (χ1) is 42.2. The number of rotatable bonds is 20. The second-order valence-electron chi connectivity index (χ2n) is 24.5. The number of hydrogen-bond donors (Lipinski definition) is 4. The van der Waals surface area contributed by atoms with Crippen molar-refractivity contribution in [1.82, 2.24) is 30.4 Å². The van der Waals surface area contributed by atoms with Gasteiger partial charge in [0.25, 0.3) is 0 Å². The average molecular weight is 1210 g/mol. The van der Waals surface area contributed by atoms with Gasteiger partial charge in [0.05, 0.1) is 56.8 Å². The van der Waals surface area contributed by atoms with Crippen LogP contribution < -0.4 is 15.8 Å². The van der Waals surface area contributed by atoms with E-state index in [0.29, 0.717) is 64.2 Å². The maximum atomic E-state index is 16.0. The number of likely N-dealkylation sites (N-methyl/N-ethyl adjacent to an activating group) is 1. The van der Waals surface area contributed by atoms with Gasteiger partial charge in [-0.2, -0.15) is 10.2 Å². The molecular weight excluding hydrogens is 1110 g/mol. The summed E-state index contributed by atoms with van der Waals surface area (Å²) in [5.74, 6) is 1.24. The minimum absolute atomic E-state index is 0.00819. The maximum Gasteiger partial charge on any atom is 0.185 e. The van der Waals surface area contributed by atoms with Crippen LogP contribution in [0, 0.1) is 18.7 Å². The largest absolute Gasteiger partial charge is 0.486 e. The molecule has 2 bridgehead atoms. The summed E-state index contributed by atoms with van der Waals surface area (Å²) in [5.41, 5.74) is 19.4. The van der Waals surface area contributed by atoms with Gasteiger partial charge in [-0.1, -0.05) is 94.6 Å². The number of aromatic amines is 1. The van der Waals surface area contributed by atoms with Crippen LogP contribution in [0.1, 0.15) is 145 Å². The molecule has 0 spiro atoms. The molecule has 0 radical (unpaired) electrons. The molecule has 1 aromatic heterocycles. The predicted molar refractivity (Wildman–Crippen MR) is 352 cm³/mol. The number of quaternary nitrogens is 1. The van der Waals surface area contributed by atoms with Crippen LogP contribution in [0.4, 0.5) is 10.1 Å². The van der Waals surface area contributed by atoms with E-state index in [0.717, 1.165) is 135 Å². The number of hydroxylamine groups is 2. The van der Waals surface area contributed by atoms with Crippen molar-refractivity contribution in [3.8, 4) is 16.9 Å². The molecule has 468 valence electrons. The predicted octanol–water partition coefficient (Wildman–Crippen LogP) is 13.2. The third-order valence-electron chi connectivity index (χ3n) is 18.4. The van der Waals surface area contributed by atoms with Crippen molar-refractivity contribution in [3.63, 3.8) is 0 Å². The SMILES string of the molecule is C=C(c1cc(C2CC2)c(-c2c(C)c(F)cc3[nH]ncc23)c(OCc2ccc(/C(=C/N)[N+]3(C(C=O)C(C)C)CCC3)cc2)c1N=C(C)OC1CCOCC1)N1C[C@@H]2C[C@H]1CN2.C=CSC(=C(C)C)c1ccc(CN2OC2C2CCCN2C)cc1.CC.CO. The van der Waals surface area contributed by atoms with Crippen LogP contribution in [-0.4, -0.2) is 143 Å². The first-order valence-corrected chi connectivity index (χ1v) is 32.5. The number of aldehydes is 1. The van der Waals surface area contributed by atoms with Crippen LogP contribution in [-0.2, 0) is 32.3 Å². The normalized spacial score (nSPS) is 22.7. The number of nitrogens with one attached hydrogen (secondary N) is 2. The van der Waals surface area contributed by atoms with E-state index in [2.05, 4.69) is 126 Å². The molecule has 5 N–H and O–H groups in total. The lowest BCUT2D eigenvalue weighted by Crippen LogP contribution is -2.64. The number of allylic oxidation sites excluding steroid dienone is 1. The van der Waals surface area contributed by atoms with Gasteiger partial charge in [0.2, 0.25) is 0 Å². The monoisotopic (exact) mass is 1210 g/mol. The molecule has 1 saturated carbocycles. The Kier molecular flexibility index (Phi) is 22.1. The van der Waals surface area contributed by atoms with E-state index in [1.165, 1.54) is 47.1 Å². The molecule has 1 aliphatic carbocycles. The highest BCUT2D eigenvalue weighted by Gasteiger charge is 2.49. The number of benzene rings is 4. The van der Waals surface area contributed by atoms with E-state index in [9.17, 15) is 4.79 Å². The van der Waals surface area contributed by atoms with Gasteiger partial charge < -0.3 is 35.3 Å². The molecule has 7 aliphatic rings. The number of nitrogens with two attached hydrogens (primary N) is 1. The van der Waals surface area contributed by atoms with Gasteiger partial charge in [-0.3, -0.25) is 24.1 Å². The van der Waals surface area contributed by atoms with E-state index in [1.807, 2.05) is 33.1 Å². The Hall–Kier alpha value is -6.15. The standard InChI is InChI=1S/C48H59FN7O4.C19H26N2OS.C2H6.CH4O/c1-28(2)44(26-57)56(15-6-16-56)43(22-50)34-9-7-32(8-10-34)27-59-48-46(45-29(3)41(49)21-42-40(45)24-52-54-42)39(33-11-12-33)20-38(30(4)55-25-35-19-36(55)23-51-35)47(48)53-31(5)60-37-13-17-58-18-14-37;1-5-23-18(14(2)3)16-10-8-15(9-11-16)13-21-19(22-21)17-7-6-12-20(17)4;2*1-2/h7-10,20-22,24,26,28,33,35-37,44,51H,4,6,11-19,23,25,27,50H2,1-3,5H3,(H,52,54);5,8-11,17,19H,1,6-7,12-13H2,2-4H3;1-2H3;2H,1H3/q+1;;;/b43-22-,53-31?;;;/t35-,36-,44?;;;/m0.../s1. The number of aliphatic hydroxyl groups excluding tert-OH is 1. The zero-order valence-corrected chi connectivity index (χ0v) is 54.0.